The molecule has 0 amide bonds. The number of rotatable bonds is 0. The Kier molecular flexibility index (Phi) is 1.19. The van der Waals surface area contributed by atoms with E-state index in [0.717, 1.165) is 16.3 Å². The van der Waals surface area contributed by atoms with Gasteiger partial charge in [0.1, 0.15) is 5.71 Å². The van der Waals surface area contributed by atoms with Crippen molar-refractivity contribution in [2.45, 2.75) is 0 Å². The number of nitrogens with zero attached hydrogens (tertiary/aromatic N) is 2. The summed E-state index contributed by atoms with van der Waals surface area (Å²) in [5.41, 5.74) is 2.75. The average Bonchev–Trinajstić information content (AvgIpc) is 2.71. The Hall–Kier alpha value is -1.55. The molecular weight excluding hydrogens is 184 g/mol. The van der Waals surface area contributed by atoms with Crippen LogP contribution in [0.2, 0.25) is 0 Å². The maximum Gasteiger partial charge on any atom is 0.145 e. The summed E-state index contributed by atoms with van der Waals surface area (Å²) in [5.74, 6) is 0. The van der Waals surface area contributed by atoms with Crippen molar-refractivity contribution >= 4 is 17.0 Å². The van der Waals surface area contributed by atoms with E-state index in [1.165, 1.54) is 0 Å². The predicted molar refractivity (Wildman–Crippen MR) is 51.1 cm³/mol. The van der Waals surface area contributed by atoms with Crippen LogP contribution in [-0.2, 0) is 0 Å². The van der Waals surface area contributed by atoms with E-state index in [-0.39, 0.29) is 0 Å². The van der Waals surface area contributed by atoms with Crippen molar-refractivity contribution in [3.05, 3.63) is 40.3 Å². The van der Waals surface area contributed by atoms with Crippen LogP contribution in [0.3, 0.4) is 0 Å². The number of thiophene rings is 1. The second-order valence-electron chi connectivity index (χ2n) is 2.85. The molecule has 64 valence electrons. The van der Waals surface area contributed by atoms with Gasteiger partial charge in [0, 0.05) is 6.20 Å². The first-order valence-electron chi connectivity index (χ1n) is 3.90. The number of fused-ring (bicyclic) bond motifs is 3. The molecule has 0 saturated carbocycles. The predicted octanol–water partition coefficient (Wildman–Crippen LogP) is 2.08. The third-order valence-electron chi connectivity index (χ3n) is 2.21. The fourth-order valence-electron chi connectivity index (χ4n) is 1.67. The molecule has 1 aliphatic rings. The van der Waals surface area contributed by atoms with E-state index in [2.05, 4.69) is 5.16 Å². The fourth-order valence-corrected chi connectivity index (χ4v) is 2.54. The summed E-state index contributed by atoms with van der Waals surface area (Å²) >= 11 is 1.59. The lowest BCUT2D eigenvalue weighted by Crippen LogP contribution is -1.96. The van der Waals surface area contributed by atoms with Gasteiger partial charge in [0.15, 0.2) is 0 Å². The molecule has 0 saturated heterocycles. The van der Waals surface area contributed by atoms with E-state index in [4.69, 9.17) is 5.21 Å². The van der Waals surface area contributed by atoms with Crippen LogP contribution >= 0.6 is 11.3 Å². The molecule has 0 unspecified atom stereocenters. The number of hydrogen-bond acceptors (Lipinski definition) is 3. The van der Waals surface area contributed by atoms with Crippen LogP contribution in [0.4, 0.5) is 0 Å². The van der Waals surface area contributed by atoms with Crippen molar-refractivity contribution in [1.82, 2.24) is 4.57 Å². The maximum absolute atomic E-state index is 8.88. The summed E-state index contributed by atoms with van der Waals surface area (Å²) in [6.07, 6.45) is 1.97. The van der Waals surface area contributed by atoms with Gasteiger partial charge < -0.3 is 9.77 Å². The van der Waals surface area contributed by atoms with Crippen LogP contribution in [0, 0.1) is 0 Å². The van der Waals surface area contributed by atoms with Crippen LogP contribution in [0.15, 0.2) is 34.9 Å². The normalized spacial score (nSPS) is 16.2. The Morgan fingerprint density at radius 3 is 3.15 bits per heavy atom. The first-order chi connectivity index (χ1) is 6.42. The first kappa shape index (κ1) is 6.91. The smallest absolute Gasteiger partial charge is 0.145 e. The molecule has 3 nitrogen and oxygen atoms in total. The highest BCUT2D eigenvalue weighted by atomic mass is 32.1. The van der Waals surface area contributed by atoms with Gasteiger partial charge in [-0.1, -0.05) is 5.16 Å². The second-order valence-corrected chi connectivity index (χ2v) is 3.76. The topological polar surface area (TPSA) is 37.5 Å². The standard InChI is InChI=1S/C9H6N2OS/c12-10-8-6-2-1-4-11(6)7-3-5-13-9(7)8/h1-5,12H/b10-8-. The molecule has 0 aliphatic carbocycles. The van der Waals surface area contributed by atoms with Gasteiger partial charge in [-0.3, -0.25) is 0 Å². The number of aromatic nitrogens is 1. The zero-order valence-corrected chi connectivity index (χ0v) is 7.45. The maximum atomic E-state index is 8.88. The van der Waals surface area contributed by atoms with Crippen molar-refractivity contribution in [3.63, 3.8) is 0 Å². The average molecular weight is 190 g/mol. The molecule has 0 spiro atoms. The van der Waals surface area contributed by atoms with Crippen molar-refractivity contribution in [3.8, 4) is 5.69 Å². The lowest BCUT2D eigenvalue weighted by molar-refractivity contribution is 0.320. The third kappa shape index (κ3) is 0.709. The Balaban J connectivity index is 2.43. The SMILES string of the molecule is O/N=C1\c2sccc2-n2cccc21. The van der Waals surface area contributed by atoms with E-state index >= 15 is 0 Å². The zero-order chi connectivity index (χ0) is 8.84. The Bertz CT molecular complexity index is 453. The zero-order valence-electron chi connectivity index (χ0n) is 6.64. The van der Waals surface area contributed by atoms with Gasteiger partial charge in [-0.15, -0.1) is 11.3 Å². The van der Waals surface area contributed by atoms with Gasteiger partial charge in [-0.25, -0.2) is 0 Å². The molecule has 0 fully saturated rings. The number of oxime groups is 1. The van der Waals surface area contributed by atoms with Crippen LogP contribution in [0.1, 0.15) is 10.6 Å². The molecule has 0 aromatic carbocycles. The minimum Gasteiger partial charge on any atom is -0.410 e. The molecule has 4 heteroatoms. The molecular formula is C9H6N2OS. The van der Waals surface area contributed by atoms with Crippen LogP contribution < -0.4 is 0 Å². The molecule has 2 aromatic rings. The summed E-state index contributed by atoms with van der Waals surface area (Å²) in [6, 6.07) is 5.92. The summed E-state index contributed by atoms with van der Waals surface area (Å²) in [5, 5.41) is 14.2. The summed E-state index contributed by atoms with van der Waals surface area (Å²) in [4.78, 5) is 1.04. The Morgan fingerprint density at radius 2 is 2.31 bits per heavy atom. The highest BCUT2D eigenvalue weighted by Gasteiger charge is 2.25. The van der Waals surface area contributed by atoms with E-state index in [1.807, 2.05) is 34.3 Å². The highest BCUT2D eigenvalue weighted by molar-refractivity contribution is 7.13. The van der Waals surface area contributed by atoms with E-state index in [9.17, 15) is 0 Å². The van der Waals surface area contributed by atoms with Crippen LogP contribution in [-0.4, -0.2) is 15.5 Å². The first-order valence-corrected chi connectivity index (χ1v) is 4.78. The van der Waals surface area contributed by atoms with Crippen molar-refractivity contribution in [2.75, 3.05) is 0 Å². The quantitative estimate of drug-likeness (QED) is 0.427. The van der Waals surface area contributed by atoms with Gasteiger partial charge in [0.2, 0.25) is 0 Å². The Morgan fingerprint density at radius 1 is 1.38 bits per heavy atom. The minimum absolute atomic E-state index is 0.676. The molecule has 1 aliphatic heterocycles. The molecule has 1 N–H and O–H groups in total. The second kappa shape index (κ2) is 2.23. The van der Waals surface area contributed by atoms with Crippen LogP contribution in [0.25, 0.3) is 5.69 Å². The van der Waals surface area contributed by atoms with Gasteiger partial charge in [-0.05, 0) is 23.6 Å². The molecule has 0 radical (unpaired) electrons. The van der Waals surface area contributed by atoms with Gasteiger partial charge in [-0.2, -0.15) is 0 Å². The van der Waals surface area contributed by atoms with Gasteiger partial charge in [0.05, 0.1) is 16.3 Å². The summed E-state index contributed by atoms with van der Waals surface area (Å²) in [6.45, 7) is 0. The summed E-state index contributed by atoms with van der Waals surface area (Å²) in [7, 11) is 0. The lowest BCUT2D eigenvalue weighted by Gasteiger charge is -1.93. The molecule has 0 atom stereocenters. The van der Waals surface area contributed by atoms with Crippen LogP contribution in [0.5, 0.6) is 0 Å². The largest absolute Gasteiger partial charge is 0.410 e. The third-order valence-corrected chi connectivity index (χ3v) is 3.12. The van der Waals surface area contributed by atoms with E-state index in [0.29, 0.717) is 5.71 Å². The minimum atomic E-state index is 0.676. The number of hydrogen-bond donors (Lipinski definition) is 1. The van der Waals surface area contributed by atoms with E-state index in [1.54, 1.807) is 11.3 Å². The lowest BCUT2D eigenvalue weighted by atomic mass is 10.2. The molecule has 13 heavy (non-hydrogen) atoms. The monoisotopic (exact) mass is 190 g/mol. The molecule has 3 rings (SSSR count). The van der Waals surface area contributed by atoms with E-state index < -0.39 is 0 Å². The molecule has 3 heterocycles. The fraction of sp³-hybridized carbons (Fsp3) is 0. The molecule has 0 bridgehead atoms. The summed E-state index contributed by atoms with van der Waals surface area (Å²) < 4.78 is 2.03. The Labute approximate surface area is 78.6 Å². The molecule has 2 aromatic heterocycles. The van der Waals surface area contributed by atoms with Gasteiger partial charge >= 0.3 is 0 Å². The van der Waals surface area contributed by atoms with Crippen molar-refractivity contribution in [1.29, 1.82) is 0 Å². The van der Waals surface area contributed by atoms with Crippen molar-refractivity contribution in [2.24, 2.45) is 5.16 Å². The highest BCUT2D eigenvalue weighted by Crippen LogP contribution is 2.32. The van der Waals surface area contributed by atoms with Gasteiger partial charge in [0.25, 0.3) is 0 Å². The van der Waals surface area contributed by atoms with Crippen molar-refractivity contribution < 1.29 is 5.21 Å².